The predicted octanol–water partition coefficient (Wildman–Crippen LogP) is 2.69. The minimum atomic E-state index is -1.00. The molecule has 1 atom stereocenters. The molecule has 4 nitrogen and oxygen atoms in total. The highest BCUT2D eigenvalue weighted by molar-refractivity contribution is 9.10. The first-order valence-corrected chi connectivity index (χ1v) is 7.93. The van der Waals surface area contributed by atoms with Crippen LogP contribution in [0.3, 0.4) is 0 Å². The Hall–Kier alpha value is -1.01. The Morgan fingerprint density at radius 1 is 1.47 bits per heavy atom. The van der Waals surface area contributed by atoms with Gasteiger partial charge in [-0.05, 0) is 49.1 Å². The molecule has 0 bridgehead atoms. The van der Waals surface area contributed by atoms with E-state index in [0.717, 1.165) is 10.0 Å². The third-order valence-electron chi connectivity index (χ3n) is 2.65. The van der Waals surface area contributed by atoms with Crippen molar-refractivity contribution in [2.75, 3.05) is 12.0 Å². The van der Waals surface area contributed by atoms with E-state index in [1.165, 1.54) is 0 Å². The number of carbonyl (C=O) groups excluding carboxylic acids is 1. The summed E-state index contributed by atoms with van der Waals surface area (Å²) < 4.78 is 0.888. The number of benzene rings is 1. The predicted molar refractivity (Wildman–Crippen MR) is 80.8 cm³/mol. The zero-order chi connectivity index (χ0) is 14.4. The second-order valence-electron chi connectivity index (χ2n) is 4.11. The molecule has 0 fully saturated rings. The monoisotopic (exact) mass is 345 g/mol. The molecule has 2 N–H and O–H groups in total. The standard InChI is InChI=1S/C13H16BrNO3S/c1-8-7-9(14)3-4-10(8)12(16)15-11(13(17)18)5-6-19-2/h3-4,7,11H,5-6H2,1-2H3,(H,15,16)(H,17,18). The van der Waals surface area contributed by atoms with Crippen LogP contribution < -0.4 is 5.32 Å². The van der Waals surface area contributed by atoms with E-state index in [9.17, 15) is 9.59 Å². The molecule has 0 heterocycles. The zero-order valence-electron chi connectivity index (χ0n) is 10.8. The molecule has 19 heavy (non-hydrogen) atoms. The van der Waals surface area contributed by atoms with Crippen molar-refractivity contribution in [3.05, 3.63) is 33.8 Å². The van der Waals surface area contributed by atoms with Crippen molar-refractivity contribution in [2.24, 2.45) is 0 Å². The van der Waals surface area contributed by atoms with Gasteiger partial charge in [0.15, 0.2) is 0 Å². The lowest BCUT2D eigenvalue weighted by atomic mass is 10.1. The van der Waals surface area contributed by atoms with Crippen LogP contribution in [0.15, 0.2) is 22.7 Å². The Morgan fingerprint density at radius 2 is 2.16 bits per heavy atom. The Bertz CT molecular complexity index is 479. The number of carbonyl (C=O) groups is 2. The molecule has 1 aromatic rings. The van der Waals surface area contributed by atoms with Crippen LogP contribution in [0.2, 0.25) is 0 Å². The zero-order valence-corrected chi connectivity index (χ0v) is 13.2. The van der Waals surface area contributed by atoms with Crippen molar-refractivity contribution in [1.82, 2.24) is 5.32 Å². The van der Waals surface area contributed by atoms with Gasteiger partial charge in [-0.3, -0.25) is 4.79 Å². The average molecular weight is 346 g/mol. The van der Waals surface area contributed by atoms with Gasteiger partial charge in [0.25, 0.3) is 5.91 Å². The van der Waals surface area contributed by atoms with E-state index in [4.69, 9.17) is 5.11 Å². The molecule has 0 aliphatic heterocycles. The van der Waals surface area contributed by atoms with Crippen molar-refractivity contribution < 1.29 is 14.7 Å². The molecule has 0 spiro atoms. The van der Waals surface area contributed by atoms with Gasteiger partial charge in [0.2, 0.25) is 0 Å². The maximum Gasteiger partial charge on any atom is 0.326 e. The summed E-state index contributed by atoms with van der Waals surface area (Å²) >= 11 is 4.88. The Balaban J connectivity index is 2.78. The molecule has 1 unspecified atom stereocenters. The van der Waals surface area contributed by atoms with Crippen LogP contribution in [0.25, 0.3) is 0 Å². The van der Waals surface area contributed by atoms with E-state index in [1.807, 2.05) is 19.2 Å². The maximum absolute atomic E-state index is 12.1. The van der Waals surface area contributed by atoms with Crippen LogP contribution in [0.5, 0.6) is 0 Å². The molecule has 0 saturated carbocycles. The highest BCUT2D eigenvalue weighted by Crippen LogP contribution is 2.16. The SMILES string of the molecule is CSCCC(NC(=O)c1ccc(Br)cc1C)C(=O)O. The molecule has 0 radical (unpaired) electrons. The van der Waals surface area contributed by atoms with Gasteiger partial charge in [-0.1, -0.05) is 15.9 Å². The summed E-state index contributed by atoms with van der Waals surface area (Å²) in [5, 5.41) is 11.6. The van der Waals surface area contributed by atoms with Crippen molar-refractivity contribution >= 4 is 39.6 Å². The van der Waals surface area contributed by atoms with Gasteiger partial charge in [0.05, 0.1) is 0 Å². The second-order valence-corrected chi connectivity index (χ2v) is 6.01. The van der Waals surface area contributed by atoms with Crippen LogP contribution in [0, 0.1) is 6.92 Å². The number of carboxylic acid groups (broad SMARTS) is 1. The summed E-state index contributed by atoms with van der Waals surface area (Å²) in [6, 6.07) is 4.43. The minimum absolute atomic E-state index is 0.349. The quantitative estimate of drug-likeness (QED) is 0.831. The molecule has 6 heteroatoms. The van der Waals surface area contributed by atoms with Crippen molar-refractivity contribution in [3.8, 4) is 0 Å². The van der Waals surface area contributed by atoms with E-state index in [0.29, 0.717) is 17.7 Å². The van der Waals surface area contributed by atoms with Crippen LogP contribution in [0.4, 0.5) is 0 Å². The molecule has 0 aliphatic carbocycles. The maximum atomic E-state index is 12.1. The Kier molecular flexibility index (Phi) is 6.37. The van der Waals surface area contributed by atoms with E-state index < -0.39 is 12.0 Å². The fraction of sp³-hybridized carbons (Fsp3) is 0.385. The Morgan fingerprint density at radius 3 is 2.68 bits per heavy atom. The number of aryl methyl sites for hydroxylation is 1. The van der Waals surface area contributed by atoms with Crippen molar-refractivity contribution in [2.45, 2.75) is 19.4 Å². The number of halogens is 1. The fourth-order valence-corrected chi connectivity index (χ4v) is 2.56. The van der Waals surface area contributed by atoms with Crippen molar-refractivity contribution in [3.63, 3.8) is 0 Å². The molecule has 1 aromatic carbocycles. The number of thioether (sulfide) groups is 1. The van der Waals surface area contributed by atoms with Gasteiger partial charge < -0.3 is 10.4 Å². The first kappa shape index (κ1) is 16.0. The molecule has 0 saturated heterocycles. The first-order chi connectivity index (χ1) is 8.95. The van der Waals surface area contributed by atoms with Crippen LogP contribution in [0.1, 0.15) is 22.3 Å². The summed E-state index contributed by atoms with van der Waals surface area (Å²) in [5.74, 6) is -0.660. The summed E-state index contributed by atoms with van der Waals surface area (Å²) in [6.45, 7) is 1.82. The van der Waals surface area contributed by atoms with E-state index in [2.05, 4.69) is 21.2 Å². The number of rotatable bonds is 6. The molecule has 0 aliphatic rings. The summed E-state index contributed by atoms with van der Waals surface area (Å²) in [7, 11) is 0. The highest BCUT2D eigenvalue weighted by Gasteiger charge is 2.20. The molecular formula is C13H16BrNO3S. The topological polar surface area (TPSA) is 66.4 Å². The third-order valence-corrected chi connectivity index (χ3v) is 3.78. The highest BCUT2D eigenvalue weighted by atomic mass is 79.9. The van der Waals surface area contributed by atoms with E-state index in [1.54, 1.807) is 23.9 Å². The molecule has 0 aromatic heterocycles. The van der Waals surface area contributed by atoms with E-state index in [-0.39, 0.29) is 5.91 Å². The Labute approximate surface area is 125 Å². The summed E-state index contributed by atoms with van der Waals surface area (Å²) in [4.78, 5) is 23.1. The van der Waals surface area contributed by atoms with Crippen molar-refractivity contribution in [1.29, 1.82) is 0 Å². The molecular weight excluding hydrogens is 330 g/mol. The number of hydrogen-bond acceptors (Lipinski definition) is 3. The van der Waals surface area contributed by atoms with E-state index >= 15 is 0 Å². The average Bonchev–Trinajstić information content (AvgIpc) is 2.33. The van der Waals surface area contributed by atoms with Gasteiger partial charge >= 0.3 is 5.97 Å². The largest absolute Gasteiger partial charge is 0.480 e. The minimum Gasteiger partial charge on any atom is -0.480 e. The summed E-state index contributed by atoms with van der Waals surface area (Å²) in [5.41, 5.74) is 1.31. The van der Waals surface area contributed by atoms with Crippen LogP contribution in [-0.2, 0) is 4.79 Å². The smallest absolute Gasteiger partial charge is 0.326 e. The lowest BCUT2D eigenvalue weighted by Crippen LogP contribution is -2.41. The third kappa shape index (κ3) is 4.87. The van der Waals surface area contributed by atoms with Gasteiger partial charge in [-0.25, -0.2) is 4.79 Å². The molecule has 1 rings (SSSR count). The second kappa shape index (κ2) is 7.55. The normalized spacial score (nSPS) is 11.9. The van der Waals surface area contributed by atoms with Gasteiger partial charge in [-0.15, -0.1) is 0 Å². The van der Waals surface area contributed by atoms with Crippen LogP contribution in [-0.4, -0.2) is 35.0 Å². The van der Waals surface area contributed by atoms with Gasteiger partial charge in [-0.2, -0.15) is 11.8 Å². The van der Waals surface area contributed by atoms with Gasteiger partial charge in [0, 0.05) is 10.0 Å². The summed E-state index contributed by atoms with van der Waals surface area (Å²) in [6.07, 6.45) is 2.32. The first-order valence-electron chi connectivity index (χ1n) is 5.74. The molecule has 1 amide bonds. The fourth-order valence-electron chi connectivity index (χ4n) is 1.61. The van der Waals surface area contributed by atoms with Gasteiger partial charge in [0.1, 0.15) is 6.04 Å². The van der Waals surface area contributed by atoms with Crippen LogP contribution >= 0.6 is 27.7 Å². The number of aliphatic carboxylic acids is 1. The number of hydrogen-bond donors (Lipinski definition) is 2. The number of nitrogens with one attached hydrogen (secondary N) is 1. The molecule has 104 valence electrons. The lowest BCUT2D eigenvalue weighted by molar-refractivity contribution is -0.139. The number of amides is 1. The lowest BCUT2D eigenvalue weighted by Gasteiger charge is -2.15. The number of carboxylic acids is 1.